The van der Waals surface area contributed by atoms with Crippen molar-refractivity contribution in [3.05, 3.63) is 57.8 Å². The predicted molar refractivity (Wildman–Crippen MR) is 80.2 cm³/mol. The molecule has 2 rings (SSSR count). The zero-order chi connectivity index (χ0) is 15.4. The van der Waals surface area contributed by atoms with E-state index in [0.29, 0.717) is 15.7 Å². The number of carbonyl (C=O) groups is 1. The van der Waals surface area contributed by atoms with Gasteiger partial charge in [0.2, 0.25) is 0 Å². The van der Waals surface area contributed by atoms with Crippen LogP contribution in [0.5, 0.6) is 0 Å². The molecule has 0 radical (unpaired) electrons. The van der Waals surface area contributed by atoms with E-state index in [1.54, 1.807) is 12.1 Å². The van der Waals surface area contributed by atoms with Crippen LogP contribution < -0.4 is 10.6 Å². The van der Waals surface area contributed by atoms with Gasteiger partial charge in [0, 0.05) is 5.02 Å². The molecule has 0 aliphatic carbocycles. The summed E-state index contributed by atoms with van der Waals surface area (Å²) in [4.78, 5) is 11.8. The number of rotatable bonds is 2. The summed E-state index contributed by atoms with van der Waals surface area (Å²) in [5, 5.41) is 14.1. The van der Waals surface area contributed by atoms with Gasteiger partial charge in [-0.2, -0.15) is 5.26 Å². The van der Waals surface area contributed by atoms with E-state index in [-0.39, 0.29) is 11.3 Å². The first-order chi connectivity index (χ1) is 9.99. The van der Waals surface area contributed by atoms with Crippen LogP contribution in [-0.4, -0.2) is 6.03 Å². The van der Waals surface area contributed by atoms with E-state index < -0.39 is 11.8 Å². The predicted octanol–water partition coefficient (Wildman–Crippen LogP) is 4.65. The summed E-state index contributed by atoms with van der Waals surface area (Å²) in [5.41, 5.74) is 0.414. The van der Waals surface area contributed by atoms with Gasteiger partial charge in [-0.3, -0.25) is 0 Å². The van der Waals surface area contributed by atoms with Crippen molar-refractivity contribution in [1.29, 1.82) is 5.26 Å². The molecule has 0 aromatic heterocycles. The largest absolute Gasteiger partial charge is 0.323 e. The minimum Gasteiger partial charge on any atom is -0.306 e. The number of urea groups is 1. The lowest BCUT2D eigenvalue weighted by Crippen LogP contribution is -2.20. The average molecular weight is 324 g/mol. The molecule has 4 nitrogen and oxygen atoms in total. The summed E-state index contributed by atoms with van der Waals surface area (Å²) < 4.78 is 13.6. The summed E-state index contributed by atoms with van der Waals surface area (Å²) in [6.07, 6.45) is 0. The third kappa shape index (κ3) is 3.85. The molecule has 0 aliphatic rings. The second-order valence-electron chi connectivity index (χ2n) is 4.01. The van der Waals surface area contributed by atoms with Crippen molar-refractivity contribution in [2.45, 2.75) is 0 Å². The molecule has 2 aromatic rings. The first kappa shape index (κ1) is 15.1. The Balaban J connectivity index is 2.12. The third-order valence-electron chi connectivity index (χ3n) is 2.52. The van der Waals surface area contributed by atoms with Gasteiger partial charge in [0.15, 0.2) is 0 Å². The zero-order valence-corrected chi connectivity index (χ0v) is 12.0. The average Bonchev–Trinajstić information content (AvgIpc) is 2.45. The highest BCUT2D eigenvalue weighted by atomic mass is 35.5. The number of anilines is 2. The van der Waals surface area contributed by atoms with E-state index in [0.717, 1.165) is 6.07 Å². The molecule has 106 valence electrons. The van der Waals surface area contributed by atoms with Crippen molar-refractivity contribution in [1.82, 2.24) is 0 Å². The highest BCUT2D eigenvalue weighted by Crippen LogP contribution is 2.25. The second kappa shape index (κ2) is 6.44. The Morgan fingerprint density at radius 3 is 2.48 bits per heavy atom. The topological polar surface area (TPSA) is 64.9 Å². The maximum Gasteiger partial charge on any atom is 0.323 e. The van der Waals surface area contributed by atoms with Crippen LogP contribution in [0.25, 0.3) is 0 Å². The zero-order valence-electron chi connectivity index (χ0n) is 10.5. The monoisotopic (exact) mass is 323 g/mol. The maximum atomic E-state index is 13.6. The number of halogens is 3. The van der Waals surface area contributed by atoms with Gasteiger partial charge >= 0.3 is 6.03 Å². The van der Waals surface area contributed by atoms with Gasteiger partial charge in [-0.05, 0) is 36.4 Å². The van der Waals surface area contributed by atoms with E-state index >= 15 is 0 Å². The molecule has 2 aromatic carbocycles. The van der Waals surface area contributed by atoms with Crippen LogP contribution in [-0.2, 0) is 0 Å². The van der Waals surface area contributed by atoms with Crippen LogP contribution in [0, 0.1) is 17.1 Å². The SMILES string of the molecule is N#Cc1ccc(NC(=O)Nc2cc(Cl)ccc2Cl)c(F)c1. The summed E-state index contributed by atoms with van der Waals surface area (Å²) in [7, 11) is 0. The number of carbonyl (C=O) groups excluding carboxylic acids is 1. The minimum absolute atomic E-state index is 0.0512. The van der Waals surface area contributed by atoms with Crippen molar-refractivity contribution in [2.24, 2.45) is 0 Å². The Morgan fingerprint density at radius 2 is 1.81 bits per heavy atom. The van der Waals surface area contributed by atoms with Crippen LogP contribution in [0.3, 0.4) is 0 Å². The number of nitriles is 1. The Kier molecular flexibility index (Phi) is 4.63. The number of amides is 2. The normalized spacial score (nSPS) is 9.81. The van der Waals surface area contributed by atoms with Crippen LogP contribution in [0.1, 0.15) is 5.56 Å². The minimum atomic E-state index is -0.707. The lowest BCUT2D eigenvalue weighted by molar-refractivity contribution is 0.262. The Hall–Kier alpha value is -2.29. The maximum absolute atomic E-state index is 13.6. The molecule has 0 unspecified atom stereocenters. The van der Waals surface area contributed by atoms with E-state index in [9.17, 15) is 9.18 Å². The van der Waals surface area contributed by atoms with Crippen LogP contribution in [0.2, 0.25) is 10.0 Å². The highest BCUT2D eigenvalue weighted by Gasteiger charge is 2.10. The van der Waals surface area contributed by atoms with Gasteiger partial charge in [-0.25, -0.2) is 9.18 Å². The molecule has 21 heavy (non-hydrogen) atoms. The standard InChI is InChI=1S/C14H8Cl2FN3O/c15-9-2-3-10(16)13(6-9)20-14(21)19-12-4-1-8(7-18)5-11(12)17/h1-6H,(H2,19,20,21). The van der Waals surface area contributed by atoms with Crippen molar-refractivity contribution >= 4 is 40.6 Å². The van der Waals surface area contributed by atoms with Gasteiger partial charge < -0.3 is 10.6 Å². The lowest BCUT2D eigenvalue weighted by atomic mass is 10.2. The Bertz CT molecular complexity index is 743. The van der Waals surface area contributed by atoms with Gasteiger partial charge in [-0.1, -0.05) is 23.2 Å². The van der Waals surface area contributed by atoms with E-state index in [4.69, 9.17) is 28.5 Å². The molecule has 0 aliphatic heterocycles. The van der Waals surface area contributed by atoms with Crippen LogP contribution in [0.4, 0.5) is 20.6 Å². The molecule has 0 bridgehead atoms. The summed E-state index contributed by atoms with van der Waals surface area (Å²) in [5.74, 6) is -0.707. The van der Waals surface area contributed by atoms with E-state index in [1.807, 2.05) is 0 Å². The van der Waals surface area contributed by atoms with E-state index in [2.05, 4.69) is 10.6 Å². The number of hydrogen-bond acceptors (Lipinski definition) is 2. The molecule has 2 amide bonds. The van der Waals surface area contributed by atoms with Crippen molar-refractivity contribution < 1.29 is 9.18 Å². The summed E-state index contributed by atoms with van der Waals surface area (Å²) >= 11 is 11.7. The fourth-order valence-corrected chi connectivity index (χ4v) is 1.89. The molecular formula is C14H8Cl2FN3O. The molecule has 0 saturated heterocycles. The molecule has 0 atom stereocenters. The lowest BCUT2D eigenvalue weighted by Gasteiger charge is -2.10. The number of nitrogens with one attached hydrogen (secondary N) is 2. The van der Waals surface area contributed by atoms with Gasteiger partial charge in [-0.15, -0.1) is 0 Å². The van der Waals surface area contributed by atoms with Gasteiger partial charge in [0.1, 0.15) is 5.82 Å². The Morgan fingerprint density at radius 1 is 1.10 bits per heavy atom. The summed E-state index contributed by atoms with van der Waals surface area (Å²) in [6.45, 7) is 0. The molecular weight excluding hydrogens is 316 g/mol. The molecule has 2 N–H and O–H groups in total. The first-order valence-electron chi connectivity index (χ1n) is 5.72. The molecule has 7 heteroatoms. The molecule has 0 fully saturated rings. The van der Waals surface area contributed by atoms with Gasteiger partial charge in [0.25, 0.3) is 0 Å². The smallest absolute Gasteiger partial charge is 0.306 e. The van der Waals surface area contributed by atoms with Crippen molar-refractivity contribution in [3.63, 3.8) is 0 Å². The highest BCUT2D eigenvalue weighted by molar-refractivity contribution is 6.35. The number of nitrogens with zero attached hydrogens (tertiary/aromatic N) is 1. The number of benzene rings is 2. The fourth-order valence-electron chi connectivity index (χ4n) is 1.56. The van der Waals surface area contributed by atoms with Crippen molar-refractivity contribution in [3.8, 4) is 6.07 Å². The van der Waals surface area contributed by atoms with Gasteiger partial charge in [0.05, 0.1) is 28.0 Å². The van der Waals surface area contributed by atoms with Crippen LogP contribution >= 0.6 is 23.2 Å². The third-order valence-corrected chi connectivity index (χ3v) is 3.09. The first-order valence-corrected chi connectivity index (χ1v) is 6.48. The molecule has 0 spiro atoms. The fraction of sp³-hybridized carbons (Fsp3) is 0. The number of hydrogen-bond donors (Lipinski definition) is 2. The summed E-state index contributed by atoms with van der Waals surface area (Å²) in [6, 6.07) is 9.42. The molecule has 0 heterocycles. The quantitative estimate of drug-likeness (QED) is 0.844. The van der Waals surface area contributed by atoms with Crippen molar-refractivity contribution in [2.75, 3.05) is 10.6 Å². The van der Waals surface area contributed by atoms with Crippen LogP contribution in [0.15, 0.2) is 36.4 Å². The Labute approximate surface area is 130 Å². The van der Waals surface area contributed by atoms with E-state index in [1.165, 1.54) is 24.3 Å². The molecule has 0 saturated carbocycles. The second-order valence-corrected chi connectivity index (χ2v) is 4.85.